The number of carbonyl (C=O) groups is 1. The topological polar surface area (TPSA) is 85.8 Å². The van der Waals surface area contributed by atoms with E-state index in [0.29, 0.717) is 49.0 Å². The third kappa shape index (κ3) is 3.13. The van der Waals surface area contributed by atoms with Gasteiger partial charge in [-0.15, -0.1) is 0 Å². The third-order valence-corrected chi connectivity index (χ3v) is 4.18. The van der Waals surface area contributed by atoms with Crippen LogP contribution < -0.4 is 0 Å². The molecule has 126 valence electrons. The first-order chi connectivity index (χ1) is 11.5. The predicted octanol–water partition coefficient (Wildman–Crippen LogP) is 3.29. The number of rotatable bonds is 3. The Morgan fingerprint density at radius 2 is 2.00 bits per heavy atom. The van der Waals surface area contributed by atoms with Gasteiger partial charge in [0.05, 0.1) is 23.7 Å². The number of aryl methyl sites for hydroxylation is 1. The van der Waals surface area contributed by atoms with E-state index in [1.165, 1.54) is 12.1 Å². The summed E-state index contributed by atoms with van der Waals surface area (Å²) in [6, 6.07) is 5.97. The molecule has 1 aliphatic rings. The first-order valence-corrected chi connectivity index (χ1v) is 7.77. The number of halogens is 1. The van der Waals surface area contributed by atoms with Gasteiger partial charge in [-0.1, -0.05) is 11.6 Å². The fourth-order valence-corrected chi connectivity index (χ4v) is 2.83. The summed E-state index contributed by atoms with van der Waals surface area (Å²) < 4.78 is 10.9. The molecule has 0 spiro atoms. The van der Waals surface area contributed by atoms with E-state index in [-0.39, 0.29) is 16.6 Å². The first kappa shape index (κ1) is 16.5. The Bertz CT molecular complexity index is 796. The highest BCUT2D eigenvalue weighted by Crippen LogP contribution is 2.32. The van der Waals surface area contributed by atoms with E-state index in [4.69, 9.17) is 20.8 Å². The predicted molar refractivity (Wildman–Crippen MR) is 87.3 cm³/mol. The van der Waals surface area contributed by atoms with Crippen molar-refractivity contribution in [2.45, 2.75) is 6.92 Å². The molecule has 0 saturated carbocycles. The molecule has 2 aromatic rings. The average Bonchev–Trinajstić information content (AvgIpc) is 2.96. The fraction of sp³-hybridized carbons (Fsp3) is 0.312. The minimum atomic E-state index is -0.549. The standard InChI is InChI=1S/C16H15ClN2O5/c1-10-12(16(20)18-4-6-23-7-5-18)9-15(24-10)11-2-3-14(19(21)22)13(17)8-11/h2-3,8-9H,4-7H2,1H3. The van der Waals surface area contributed by atoms with Gasteiger partial charge in [-0.2, -0.15) is 0 Å². The minimum absolute atomic E-state index is 0.0209. The van der Waals surface area contributed by atoms with Crippen molar-refractivity contribution in [1.29, 1.82) is 0 Å². The van der Waals surface area contributed by atoms with Gasteiger partial charge in [0.1, 0.15) is 16.5 Å². The van der Waals surface area contributed by atoms with Crippen LogP contribution in [0, 0.1) is 17.0 Å². The second kappa shape index (κ2) is 6.62. The number of morpholine rings is 1. The van der Waals surface area contributed by atoms with Crippen molar-refractivity contribution in [2.75, 3.05) is 26.3 Å². The monoisotopic (exact) mass is 350 g/mol. The number of nitro benzene ring substituents is 1. The number of furan rings is 1. The maximum atomic E-state index is 12.6. The Morgan fingerprint density at radius 1 is 1.29 bits per heavy atom. The molecular weight excluding hydrogens is 336 g/mol. The van der Waals surface area contributed by atoms with Gasteiger partial charge in [0.2, 0.25) is 0 Å². The fourth-order valence-electron chi connectivity index (χ4n) is 2.58. The van der Waals surface area contributed by atoms with Crippen molar-refractivity contribution in [1.82, 2.24) is 4.90 Å². The van der Waals surface area contributed by atoms with E-state index in [1.807, 2.05) is 0 Å². The first-order valence-electron chi connectivity index (χ1n) is 7.39. The van der Waals surface area contributed by atoms with Gasteiger partial charge in [-0.3, -0.25) is 14.9 Å². The van der Waals surface area contributed by atoms with Crippen LogP contribution in [0.4, 0.5) is 5.69 Å². The lowest BCUT2D eigenvalue weighted by Gasteiger charge is -2.26. The van der Waals surface area contributed by atoms with E-state index in [0.717, 1.165) is 0 Å². The Labute approximate surface area is 142 Å². The van der Waals surface area contributed by atoms with Crippen LogP contribution in [0.2, 0.25) is 5.02 Å². The average molecular weight is 351 g/mol. The summed E-state index contributed by atoms with van der Waals surface area (Å²) in [5.74, 6) is 0.829. The normalized spacial score (nSPS) is 14.7. The quantitative estimate of drug-likeness (QED) is 0.626. The summed E-state index contributed by atoms with van der Waals surface area (Å²) in [7, 11) is 0. The number of hydrogen-bond acceptors (Lipinski definition) is 5. The lowest BCUT2D eigenvalue weighted by Crippen LogP contribution is -2.40. The maximum absolute atomic E-state index is 12.6. The Balaban J connectivity index is 1.90. The van der Waals surface area contributed by atoms with E-state index in [9.17, 15) is 14.9 Å². The smallest absolute Gasteiger partial charge is 0.287 e. The van der Waals surface area contributed by atoms with Crippen LogP contribution in [0.15, 0.2) is 28.7 Å². The number of carbonyl (C=O) groups excluding carboxylic acids is 1. The number of ether oxygens (including phenoxy) is 1. The molecule has 1 aromatic heterocycles. The summed E-state index contributed by atoms with van der Waals surface area (Å²) in [4.78, 5) is 24.6. The molecule has 0 N–H and O–H groups in total. The summed E-state index contributed by atoms with van der Waals surface area (Å²) in [6.45, 7) is 3.84. The van der Waals surface area contributed by atoms with E-state index < -0.39 is 4.92 Å². The molecule has 0 atom stereocenters. The van der Waals surface area contributed by atoms with Crippen molar-refractivity contribution < 1.29 is 18.9 Å². The van der Waals surface area contributed by atoms with Gasteiger partial charge in [-0.25, -0.2) is 0 Å². The van der Waals surface area contributed by atoms with Gasteiger partial charge >= 0.3 is 0 Å². The summed E-state index contributed by atoms with van der Waals surface area (Å²) in [5, 5.41) is 10.9. The molecule has 2 heterocycles. The molecule has 0 radical (unpaired) electrons. The van der Waals surface area contributed by atoms with Crippen molar-refractivity contribution >= 4 is 23.2 Å². The van der Waals surface area contributed by atoms with Crippen LogP contribution in [0.25, 0.3) is 11.3 Å². The number of amides is 1. The van der Waals surface area contributed by atoms with Crippen LogP contribution in [-0.2, 0) is 4.74 Å². The zero-order valence-electron chi connectivity index (χ0n) is 13.0. The molecule has 1 aliphatic heterocycles. The molecule has 0 bridgehead atoms. The number of nitrogens with zero attached hydrogens (tertiary/aromatic N) is 2. The highest BCUT2D eigenvalue weighted by atomic mass is 35.5. The molecule has 8 heteroatoms. The van der Waals surface area contributed by atoms with Crippen LogP contribution in [0.3, 0.4) is 0 Å². The SMILES string of the molecule is Cc1oc(-c2ccc([N+](=O)[O-])c(Cl)c2)cc1C(=O)N1CCOCC1. The second-order valence-electron chi connectivity index (χ2n) is 5.41. The largest absolute Gasteiger partial charge is 0.461 e. The van der Waals surface area contributed by atoms with Gasteiger partial charge in [0, 0.05) is 24.7 Å². The molecule has 1 aromatic carbocycles. The summed E-state index contributed by atoms with van der Waals surface area (Å²) >= 11 is 5.93. The van der Waals surface area contributed by atoms with Crippen molar-refractivity contribution in [3.05, 3.63) is 50.7 Å². The van der Waals surface area contributed by atoms with Crippen molar-refractivity contribution in [3.8, 4) is 11.3 Å². The molecule has 7 nitrogen and oxygen atoms in total. The Hall–Kier alpha value is -2.38. The summed E-state index contributed by atoms with van der Waals surface area (Å²) in [5.41, 5.74) is 0.879. The maximum Gasteiger partial charge on any atom is 0.287 e. The second-order valence-corrected chi connectivity index (χ2v) is 5.82. The zero-order valence-corrected chi connectivity index (χ0v) is 13.7. The van der Waals surface area contributed by atoms with E-state index in [1.54, 1.807) is 24.0 Å². The Morgan fingerprint density at radius 3 is 2.62 bits per heavy atom. The van der Waals surface area contributed by atoms with Crippen molar-refractivity contribution in [3.63, 3.8) is 0 Å². The molecule has 0 unspecified atom stereocenters. The van der Waals surface area contributed by atoms with Gasteiger partial charge in [0.25, 0.3) is 11.6 Å². The number of nitro groups is 1. The molecule has 1 fully saturated rings. The van der Waals surface area contributed by atoms with E-state index in [2.05, 4.69) is 0 Å². The minimum Gasteiger partial charge on any atom is -0.461 e. The van der Waals surface area contributed by atoms with Crippen LogP contribution in [0.1, 0.15) is 16.1 Å². The van der Waals surface area contributed by atoms with E-state index >= 15 is 0 Å². The lowest BCUT2D eigenvalue weighted by molar-refractivity contribution is -0.384. The number of hydrogen-bond donors (Lipinski definition) is 0. The van der Waals surface area contributed by atoms with Gasteiger partial charge < -0.3 is 14.1 Å². The summed E-state index contributed by atoms with van der Waals surface area (Å²) in [6.07, 6.45) is 0. The molecule has 1 saturated heterocycles. The molecule has 24 heavy (non-hydrogen) atoms. The lowest BCUT2D eigenvalue weighted by atomic mass is 10.1. The van der Waals surface area contributed by atoms with Crippen LogP contribution >= 0.6 is 11.6 Å². The highest BCUT2D eigenvalue weighted by Gasteiger charge is 2.24. The molecule has 0 aliphatic carbocycles. The highest BCUT2D eigenvalue weighted by molar-refractivity contribution is 6.32. The molecule has 3 rings (SSSR count). The zero-order chi connectivity index (χ0) is 17.3. The third-order valence-electron chi connectivity index (χ3n) is 3.88. The Kier molecular flexibility index (Phi) is 4.55. The van der Waals surface area contributed by atoms with Crippen LogP contribution in [-0.4, -0.2) is 42.0 Å². The van der Waals surface area contributed by atoms with Crippen molar-refractivity contribution in [2.24, 2.45) is 0 Å². The van der Waals surface area contributed by atoms with Gasteiger partial charge in [0.15, 0.2) is 0 Å². The van der Waals surface area contributed by atoms with Gasteiger partial charge in [-0.05, 0) is 25.1 Å². The molecular formula is C16H15ClN2O5. The molecule has 1 amide bonds. The van der Waals surface area contributed by atoms with Crippen LogP contribution in [0.5, 0.6) is 0 Å². The number of benzene rings is 1.